The van der Waals surface area contributed by atoms with Crippen LogP contribution in [0.5, 0.6) is 0 Å². The van der Waals surface area contributed by atoms with Crippen LogP contribution in [0.25, 0.3) is 0 Å². The predicted octanol–water partition coefficient (Wildman–Crippen LogP) is 2.60. The Bertz CT molecular complexity index is 503. The highest BCUT2D eigenvalue weighted by molar-refractivity contribution is 8.13. The average Bonchev–Trinajstić information content (AvgIpc) is 2.38. The quantitative estimate of drug-likeness (QED) is 0.671. The Morgan fingerprint density at radius 3 is 2.56 bits per heavy atom. The van der Waals surface area contributed by atoms with E-state index in [0.717, 1.165) is 17.3 Å². The fraction of sp³-hybridized carbons (Fsp3) is 0.231. The fourth-order valence-electron chi connectivity index (χ4n) is 1.31. The fourth-order valence-corrected chi connectivity index (χ4v) is 1.71. The number of carbonyl (C=O) groups is 1. The maximum atomic E-state index is 12.7. The Balaban J connectivity index is 2.73. The molecule has 3 nitrogen and oxygen atoms in total. The van der Waals surface area contributed by atoms with Gasteiger partial charge in [0.2, 0.25) is 5.12 Å². The minimum atomic E-state index is -0.290. The first-order chi connectivity index (χ1) is 8.58. The number of thioether (sulfide) groups is 1. The Kier molecular flexibility index (Phi) is 5.40. The molecule has 1 N–H and O–H groups in total. The van der Waals surface area contributed by atoms with Crippen LogP contribution in [0.1, 0.15) is 12.5 Å². The molecular weight excluding hydrogens is 251 g/mol. The van der Waals surface area contributed by atoms with Gasteiger partial charge in [-0.25, -0.2) is 4.39 Å². The molecular formula is C13H13FN2OS. The van der Waals surface area contributed by atoms with Gasteiger partial charge in [-0.15, -0.1) is 0 Å². The van der Waals surface area contributed by atoms with Crippen LogP contribution < -0.4 is 5.32 Å². The topological polar surface area (TPSA) is 52.9 Å². The number of allylic oxidation sites excluding steroid dienone is 1. The molecule has 5 heteroatoms. The highest BCUT2D eigenvalue weighted by atomic mass is 32.2. The molecule has 0 bridgehead atoms. The van der Waals surface area contributed by atoms with Crippen molar-refractivity contribution in [3.63, 3.8) is 0 Å². The molecule has 0 unspecified atom stereocenters. The lowest BCUT2D eigenvalue weighted by atomic mass is 10.2. The predicted molar refractivity (Wildman–Crippen MR) is 70.1 cm³/mol. The molecule has 0 aliphatic heterocycles. The first-order valence-electron chi connectivity index (χ1n) is 5.26. The molecule has 94 valence electrons. The Hall–Kier alpha value is -1.80. The summed E-state index contributed by atoms with van der Waals surface area (Å²) in [7, 11) is 0. The van der Waals surface area contributed by atoms with Crippen LogP contribution in [0.4, 0.5) is 4.39 Å². The second-order valence-corrected chi connectivity index (χ2v) is 4.36. The maximum absolute atomic E-state index is 12.7. The van der Waals surface area contributed by atoms with Crippen molar-refractivity contribution >= 4 is 16.9 Å². The summed E-state index contributed by atoms with van der Waals surface area (Å²) in [4.78, 5) is 11.4. The maximum Gasteiger partial charge on any atom is 0.231 e. The van der Waals surface area contributed by atoms with Crippen molar-refractivity contribution in [2.75, 3.05) is 6.26 Å². The first kappa shape index (κ1) is 14.3. The summed E-state index contributed by atoms with van der Waals surface area (Å²) in [6.07, 6.45) is 1.63. The second-order valence-electron chi connectivity index (χ2n) is 3.58. The van der Waals surface area contributed by atoms with Gasteiger partial charge in [0, 0.05) is 12.2 Å². The zero-order valence-electron chi connectivity index (χ0n) is 10.2. The summed E-state index contributed by atoms with van der Waals surface area (Å²) < 4.78 is 12.7. The molecule has 0 atom stereocenters. The lowest BCUT2D eigenvalue weighted by molar-refractivity contribution is -0.107. The Labute approximate surface area is 110 Å². The first-order valence-corrected chi connectivity index (χ1v) is 6.48. The van der Waals surface area contributed by atoms with E-state index in [1.807, 2.05) is 6.07 Å². The number of rotatable bonds is 4. The molecule has 18 heavy (non-hydrogen) atoms. The highest BCUT2D eigenvalue weighted by Crippen LogP contribution is 2.10. The van der Waals surface area contributed by atoms with E-state index in [9.17, 15) is 9.18 Å². The van der Waals surface area contributed by atoms with Gasteiger partial charge in [0.05, 0.1) is 0 Å². The lowest BCUT2D eigenvalue weighted by Crippen LogP contribution is -2.14. The third-order valence-electron chi connectivity index (χ3n) is 2.35. The summed E-state index contributed by atoms with van der Waals surface area (Å²) in [6, 6.07) is 7.93. The van der Waals surface area contributed by atoms with E-state index in [1.165, 1.54) is 12.1 Å². The lowest BCUT2D eigenvalue weighted by Gasteiger charge is -2.08. The van der Waals surface area contributed by atoms with Gasteiger partial charge in [-0.1, -0.05) is 23.9 Å². The molecule has 0 amide bonds. The van der Waals surface area contributed by atoms with Gasteiger partial charge >= 0.3 is 0 Å². The molecule has 0 aliphatic rings. The van der Waals surface area contributed by atoms with E-state index in [0.29, 0.717) is 12.2 Å². The minimum absolute atomic E-state index is 0.115. The number of hydrogen-bond acceptors (Lipinski definition) is 4. The highest BCUT2D eigenvalue weighted by Gasteiger charge is 2.10. The smallest absolute Gasteiger partial charge is 0.231 e. The molecule has 0 aliphatic carbocycles. The number of nitrogens with zero attached hydrogens (tertiary/aromatic N) is 1. The van der Waals surface area contributed by atoms with Crippen molar-refractivity contribution in [3.8, 4) is 6.07 Å². The molecule has 0 heterocycles. The van der Waals surface area contributed by atoms with Gasteiger partial charge in [-0.3, -0.25) is 4.79 Å². The number of nitriles is 1. The van der Waals surface area contributed by atoms with Gasteiger partial charge in [0.15, 0.2) is 0 Å². The van der Waals surface area contributed by atoms with Gasteiger partial charge in [0.1, 0.15) is 17.5 Å². The Morgan fingerprint density at radius 2 is 2.06 bits per heavy atom. The monoisotopic (exact) mass is 264 g/mol. The van der Waals surface area contributed by atoms with Gasteiger partial charge < -0.3 is 5.32 Å². The SMILES string of the molecule is CSC(=O)C(C#N)=C(C)NCc1ccc(F)cc1. The molecule has 0 fully saturated rings. The van der Waals surface area contributed by atoms with Crippen LogP contribution in [0.2, 0.25) is 0 Å². The molecule has 0 saturated carbocycles. The second kappa shape index (κ2) is 6.82. The minimum Gasteiger partial charge on any atom is -0.383 e. The molecule has 1 aromatic rings. The summed E-state index contributed by atoms with van der Waals surface area (Å²) in [6.45, 7) is 2.12. The standard InChI is InChI=1S/C13H13FN2OS/c1-9(12(7-15)13(17)18-2)16-8-10-3-5-11(14)6-4-10/h3-6,16H,8H2,1-2H3. The van der Waals surface area contributed by atoms with Gasteiger partial charge in [-0.05, 0) is 30.9 Å². The third-order valence-corrected chi connectivity index (χ3v) is 2.92. The number of benzene rings is 1. The third kappa shape index (κ3) is 3.90. The van der Waals surface area contributed by atoms with E-state index < -0.39 is 0 Å². The van der Waals surface area contributed by atoms with E-state index in [4.69, 9.17) is 5.26 Å². The van der Waals surface area contributed by atoms with Crippen molar-refractivity contribution in [2.45, 2.75) is 13.5 Å². The summed E-state index contributed by atoms with van der Waals surface area (Å²) in [5, 5.41) is 11.6. The number of carbonyl (C=O) groups excluding carboxylic acids is 1. The van der Waals surface area contributed by atoms with E-state index >= 15 is 0 Å². The number of halogens is 1. The van der Waals surface area contributed by atoms with Crippen molar-refractivity contribution in [1.82, 2.24) is 5.32 Å². The molecule has 1 aromatic carbocycles. The van der Waals surface area contributed by atoms with Crippen molar-refractivity contribution in [1.29, 1.82) is 5.26 Å². The molecule has 0 spiro atoms. The molecule has 1 rings (SSSR count). The van der Waals surface area contributed by atoms with Crippen LogP contribution in [-0.2, 0) is 11.3 Å². The summed E-state index contributed by atoms with van der Waals surface area (Å²) >= 11 is 1.00. The van der Waals surface area contributed by atoms with Crippen LogP contribution in [0, 0.1) is 17.1 Å². The van der Waals surface area contributed by atoms with Crippen molar-refractivity contribution in [2.24, 2.45) is 0 Å². The largest absolute Gasteiger partial charge is 0.383 e. The number of nitrogens with one attached hydrogen (secondary N) is 1. The van der Waals surface area contributed by atoms with Crippen molar-refractivity contribution in [3.05, 3.63) is 46.9 Å². The van der Waals surface area contributed by atoms with Crippen molar-refractivity contribution < 1.29 is 9.18 Å². The molecule has 0 aromatic heterocycles. The summed E-state index contributed by atoms with van der Waals surface area (Å²) in [5.41, 5.74) is 1.52. The van der Waals surface area contributed by atoms with E-state index in [2.05, 4.69) is 5.32 Å². The Morgan fingerprint density at radius 1 is 1.44 bits per heavy atom. The average molecular weight is 264 g/mol. The van der Waals surface area contributed by atoms with E-state index in [-0.39, 0.29) is 16.5 Å². The molecule has 0 radical (unpaired) electrons. The zero-order chi connectivity index (χ0) is 13.5. The number of hydrogen-bond donors (Lipinski definition) is 1. The molecule has 0 saturated heterocycles. The summed E-state index contributed by atoms with van der Waals surface area (Å²) in [5.74, 6) is -0.290. The normalized spacial score (nSPS) is 11.4. The van der Waals surface area contributed by atoms with Crippen LogP contribution in [-0.4, -0.2) is 11.4 Å². The van der Waals surface area contributed by atoms with Gasteiger partial charge in [0.25, 0.3) is 0 Å². The van der Waals surface area contributed by atoms with Crippen LogP contribution in [0.3, 0.4) is 0 Å². The van der Waals surface area contributed by atoms with Crippen LogP contribution >= 0.6 is 11.8 Å². The zero-order valence-corrected chi connectivity index (χ0v) is 11.0. The van der Waals surface area contributed by atoms with Crippen LogP contribution in [0.15, 0.2) is 35.5 Å². The van der Waals surface area contributed by atoms with E-state index in [1.54, 1.807) is 25.3 Å². The van der Waals surface area contributed by atoms with Gasteiger partial charge in [-0.2, -0.15) is 5.26 Å².